The van der Waals surface area contributed by atoms with Crippen molar-refractivity contribution < 1.29 is 4.79 Å². The quantitative estimate of drug-likeness (QED) is 0.317. The molecule has 0 aliphatic carbocycles. The molecular formula is C22H16ClNO. The highest BCUT2D eigenvalue weighted by Crippen LogP contribution is 2.15. The first-order valence-electron chi connectivity index (χ1n) is 7.88. The summed E-state index contributed by atoms with van der Waals surface area (Å²) in [5.41, 5.74) is 3.40. The van der Waals surface area contributed by atoms with Crippen molar-refractivity contribution in [2.75, 3.05) is 0 Å². The van der Waals surface area contributed by atoms with Crippen molar-refractivity contribution in [2.24, 2.45) is 4.99 Å². The van der Waals surface area contributed by atoms with Crippen molar-refractivity contribution in [3.63, 3.8) is 0 Å². The van der Waals surface area contributed by atoms with Crippen molar-refractivity contribution in [3.05, 3.63) is 107 Å². The molecule has 0 aromatic heterocycles. The van der Waals surface area contributed by atoms with Gasteiger partial charge in [-0.15, -0.1) is 0 Å². The minimum absolute atomic E-state index is 0.0476. The molecule has 0 amide bonds. The van der Waals surface area contributed by atoms with Gasteiger partial charge < -0.3 is 0 Å². The molecule has 3 aromatic rings. The van der Waals surface area contributed by atoms with Crippen LogP contribution < -0.4 is 0 Å². The molecule has 0 saturated heterocycles. The molecule has 2 nitrogen and oxygen atoms in total. The molecule has 0 spiro atoms. The van der Waals surface area contributed by atoms with E-state index >= 15 is 0 Å². The third-order valence-corrected chi connectivity index (χ3v) is 3.86. The lowest BCUT2D eigenvalue weighted by molar-refractivity contribution is 0.104. The van der Waals surface area contributed by atoms with Gasteiger partial charge in [-0.3, -0.25) is 9.79 Å². The second kappa shape index (κ2) is 8.22. The average Bonchev–Trinajstić information content (AvgIpc) is 2.67. The number of hydrogen-bond acceptors (Lipinski definition) is 2. The minimum Gasteiger partial charge on any atom is -0.289 e. The summed E-state index contributed by atoms with van der Waals surface area (Å²) in [5, 5.41) is 0.676. The van der Waals surface area contributed by atoms with E-state index in [1.807, 2.05) is 54.6 Å². The van der Waals surface area contributed by atoms with Crippen LogP contribution in [0.3, 0.4) is 0 Å². The number of carbonyl (C=O) groups is 1. The largest absolute Gasteiger partial charge is 0.289 e. The van der Waals surface area contributed by atoms with Gasteiger partial charge in [-0.2, -0.15) is 0 Å². The average molecular weight is 346 g/mol. The zero-order valence-electron chi connectivity index (χ0n) is 13.5. The van der Waals surface area contributed by atoms with Crippen LogP contribution in [-0.4, -0.2) is 12.0 Å². The number of carbonyl (C=O) groups excluding carboxylic acids is 1. The molecule has 3 heteroatoms. The molecule has 0 N–H and O–H groups in total. The first kappa shape index (κ1) is 16.9. The monoisotopic (exact) mass is 345 g/mol. The van der Waals surface area contributed by atoms with Crippen LogP contribution in [0.2, 0.25) is 5.02 Å². The van der Waals surface area contributed by atoms with Crippen molar-refractivity contribution in [1.82, 2.24) is 0 Å². The van der Waals surface area contributed by atoms with E-state index in [1.54, 1.807) is 42.6 Å². The molecule has 0 aliphatic rings. The van der Waals surface area contributed by atoms with Crippen LogP contribution in [-0.2, 0) is 0 Å². The summed E-state index contributed by atoms with van der Waals surface area (Å²) >= 11 is 5.85. The molecular weight excluding hydrogens is 330 g/mol. The Bertz CT molecular complexity index is 895. The maximum absolute atomic E-state index is 12.2. The fourth-order valence-electron chi connectivity index (χ4n) is 2.24. The molecule has 122 valence electrons. The summed E-state index contributed by atoms with van der Waals surface area (Å²) in [5.74, 6) is -0.0476. The number of benzene rings is 3. The van der Waals surface area contributed by atoms with Crippen molar-refractivity contribution >= 4 is 35.4 Å². The molecule has 0 radical (unpaired) electrons. The lowest BCUT2D eigenvalue weighted by Gasteiger charge is -1.98. The lowest BCUT2D eigenvalue weighted by atomic mass is 10.1. The molecule has 0 aliphatic heterocycles. The summed E-state index contributed by atoms with van der Waals surface area (Å²) in [6.07, 6.45) is 5.14. The highest BCUT2D eigenvalue weighted by molar-refractivity contribution is 6.30. The van der Waals surface area contributed by atoms with Crippen LogP contribution >= 0.6 is 11.6 Å². The number of rotatable bonds is 5. The maximum atomic E-state index is 12.2. The van der Waals surface area contributed by atoms with E-state index in [9.17, 15) is 4.79 Å². The van der Waals surface area contributed by atoms with Gasteiger partial charge in [0, 0.05) is 16.8 Å². The Morgan fingerprint density at radius 1 is 0.800 bits per heavy atom. The van der Waals surface area contributed by atoms with Gasteiger partial charge in [-0.05, 0) is 53.6 Å². The minimum atomic E-state index is -0.0476. The highest BCUT2D eigenvalue weighted by atomic mass is 35.5. The Labute approximate surface area is 152 Å². The number of allylic oxidation sites excluding steroid dienone is 1. The van der Waals surface area contributed by atoms with E-state index in [4.69, 9.17) is 11.6 Å². The van der Waals surface area contributed by atoms with Crippen LogP contribution in [0, 0.1) is 0 Å². The van der Waals surface area contributed by atoms with Crippen molar-refractivity contribution in [1.29, 1.82) is 0 Å². The summed E-state index contributed by atoms with van der Waals surface area (Å²) in [6.45, 7) is 0. The normalized spacial score (nSPS) is 11.2. The zero-order chi connectivity index (χ0) is 17.5. The van der Waals surface area contributed by atoms with Gasteiger partial charge in [-0.25, -0.2) is 0 Å². The zero-order valence-corrected chi connectivity index (χ0v) is 14.2. The van der Waals surface area contributed by atoms with E-state index in [2.05, 4.69) is 4.99 Å². The second-order valence-corrected chi connectivity index (χ2v) is 5.90. The lowest BCUT2D eigenvalue weighted by Crippen LogP contribution is -1.93. The number of hydrogen-bond donors (Lipinski definition) is 0. The third kappa shape index (κ3) is 5.00. The second-order valence-electron chi connectivity index (χ2n) is 5.46. The number of aliphatic imine (C=N–C) groups is 1. The predicted molar refractivity (Wildman–Crippen MR) is 105 cm³/mol. The van der Waals surface area contributed by atoms with E-state index in [0.717, 1.165) is 16.8 Å². The molecule has 0 unspecified atom stereocenters. The van der Waals surface area contributed by atoms with E-state index in [0.29, 0.717) is 10.6 Å². The van der Waals surface area contributed by atoms with Gasteiger partial charge in [-0.1, -0.05) is 60.1 Å². The van der Waals surface area contributed by atoms with E-state index in [1.165, 1.54) is 0 Å². The Balaban J connectivity index is 1.66. The molecule has 0 bridgehead atoms. The first-order valence-corrected chi connectivity index (χ1v) is 8.26. The third-order valence-electron chi connectivity index (χ3n) is 3.61. The Hall–Kier alpha value is -2.97. The summed E-state index contributed by atoms with van der Waals surface area (Å²) in [7, 11) is 0. The molecule has 3 rings (SSSR count). The molecule has 25 heavy (non-hydrogen) atoms. The smallest absolute Gasteiger partial charge is 0.185 e. The summed E-state index contributed by atoms with van der Waals surface area (Å²) < 4.78 is 0. The van der Waals surface area contributed by atoms with Crippen LogP contribution in [0.1, 0.15) is 21.5 Å². The topological polar surface area (TPSA) is 29.4 Å². The fourth-order valence-corrected chi connectivity index (χ4v) is 2.37. The van der Waals surface area contributed by atoms with Crippen molar-refractivity contribution in [2.45, 2.75) is 0 Å². The van der Waals surface area contributed by atoms with Gasteiger partial charge in [0.05, 0.1) is 5.69 Å². The van der Waals surface area contributed by atoms with Crippen LogP contribution in [0.15, 0.2) is 89.9 Å². The number of ketones is 1. The molecule has 0 atom stereocenters. The van der Waals surface area contributed by atoms with Crippen LogP contribution in [0.4, 0.5) is 5.69 Å². The molecule has 3 aromatic carbocycles. The summed E-state index contributed by atoms with van der Waals surface area (Å²) in [4.78, 5) is 16.6. The van der Waals surface area contributed by atoms with Gasteiger partial charge >= 0.3 is 0 Å². The molecule has 0 fully saturated rings. The van der Waals surface area contributed by atoms with Crippen LogP contribution in [0.25, 0.3) is 6.08 Å². The molecule has 0 saturated carbocycles. The molecule has 0 heterocycles. The van der Waals surface area contributed by atoms with Gasteiger partial charge in [0.25, 0.3) is 0 Å². The SMILES string of the molecule is O=C(C=Cc1ccc(Cl)cc1)c1ccc(N=Cc2ccccc2)cc1. The fraction of sp³-hybridized carbons (Fsp3) is 0. The first-order chi connectivity index (χ1) is 12.2. The van der Waals surface area contributed by atoms with Crippen molar-refractivity contribution in [3.8, 4) is 0 Å². The number of nitrogens with zero attached hydrogens (tertiary/aromatic N) is 1. The Morgan fingerprint density at radius 3 is 2.16 bits per heavy atom. The van der Waals surface area contributed by atoms with Gasteiger partial charge in [0.1, 0.15) is 0 Å². The Kier molecular flexibility index (Phi) is 5.55. The van der Waals surface area contributed by atoms with E-state index in [-0.39, 0.29) is 5.78 Å². The highest BCUT2D eigenvalue weighted by Gasteiger charge is 2.01. The van der Waals surface area contributed by atoms with Gasteiger partial charge in [0.15, 0.2) is 5.78 Å². The summed E-state index contributed by atoms with van der Waals surface area (Å²) in [6, 6.07) is 24.5. The standard InChI is InChI=1S/C22H16ClNO/c23-20-11-6-17(7-12-20)8-15-22(25)19-9-13-21(14-10-19)24-16-18-4-2-1-3-5-18/h1-16H. The van der Waals surface area contributed by atoms with E-state index < -0.39 is 0 Å². The Morgan fingerprint density at radius 2 is 1.48 bits per heavy atom. The van der Waals surface area contributed by atoms with Gasteiger partial charge in [0.2, 0.25) is 0 Å². The maximum Gasteiger partial charge on any atom is 0.185 e. The predicted octanol–water partition coefficient (Wildman–Crippen LogP) is 5.99. The number of halogens is 1. The van der Waals surface area contributed by atoms with Crippen LogP contribution in [0.5, 0.6) is 0 Å².